The maximum atomic E-state index is 13.0. The van der Waals surface area contributed by atoms with Crippen LogP contribution in [-0.2, 0) is 31.0 Å². The van der Waals surface area contributed by atoms with Crippen molar-refractivity contribution in [1.82, 2.24) is 19.7 Å². The van der Waals surface area contributed by atoms with Crippen molar-refractivity contribution >= 4 is 5.91 Å². The fraction of sp³-hybridized carbons (Fsp3) is 0.214. The van der Waals surface area contributed by atoms with Gasteiger partial charge in [-0.3, -0.25) is 14.3 Å². The van der Waals surface area contributed by atoms with E-state index < -0.39 is 0 Å². The van der Waals surface area contributed by atoms with Gasteiger partial charge in [-0.1, -0.05) is 42.5 Å². The molecule has 4 rings (SSSR count). The third-order valence-corrected chi connectivity index (χ3v) is 5.87. The molecular formula is C28H27N5O4. The molecule has 0 aliphatic rings. The molecule has 1 amide bonds. The number of rotatable bonds is 10. The van der Waals surface area contributed by atoms with Crippen LogP contribution in [0.15, 0.2) is 77.9 Å². The van der Waals surface area contributed by atoms with Crippen molar-refractivity contribution < 1.29 is 14.3 Å². The van der Waals surface area contributed by atoms with Gasteiger partial charge in [0.25, 0.3) is 11.5 Å². The minimum absolute atomic E-state index is 0.0464. The van der Waals surface area contributed by atoms with Crippen LogP contribution in [0.3, 0.4) is 0 Å². The van der Waals surface area contributed by atoms with Crippen molar-refractivity contribution in [2.75, 3.05) is 14.2 Å². The van der Waals surface area contributed by atoms with E-state index in [1.807, 2.05) is 30.3 Å². The van der Waals surface area contributed by atoms with E-state index in [0.717, 1.165) is 11.1 Å². The molecule has 0 aliphatic carbocycles. The Kier molecular flexibility index (Phi) is 8.13. The van der Waals surface area contributed by atoms with E-state index >= 15 is 0 Å². The second kappa shape index (κ2) is 11.8. The topological polar surface area (TPSA) is 111 Å². The summed E-state index contributed by atoms with van der Waals surface area (Å²) >= 11 is 0. The SMILES string of the molecule is COCc1nn(Cc2ccc(Cn3ccccc3=O)cc2)cc1C(=O)NCc1cccc(OC)c1C#N. The smallest absolute Gasteiger partial charge is 0.255 e. The number of benzene rings is 2. The number of nitriles is 1. The van der Waals surface area contributed by atoms with Gasteiger partial charge < -0.3 is 19.4 Å². The lowest BCUT2D eigenvalue weighted by molar-refractivity contribution is 0.0945. The fourth-order valence-electron chi connectivity index (χ4n) is 3.99. The van der Waals surface area contributed by atoms with E-state index in [-0.39, 0.29) is 24.6 Å². The second-order valence-corrected chi connectivity index (χ2v) is 8.39. The van der Waals surface area contributed by atoms with Crippen molar-refractivity contribution in [3.8, 4) is 11.8 Å². The molecule has 9 nitrogen and oxygen atoms in total. The maximum Gasteiger partial charge on any atom is 0.255 e. The number of amides is 1. The van der Waals surface area contributed by atoms with E-state index in [4.69, 9.17) is 9.47 Å². The Balaban J connectivity index is 1.46. The molecule has 0 atom stereocenters. The molecule has 0 saturated heterocycles. The van der Waals surface area contributed by atoms with E-state index in [9.17, 15) is 14.9 Å². The number of methoxy groups -OCH3 is 2. The third-order valence-electron chi connectivity index (χ3n) is 5.87. The highest BCUT2D eigenvalue weighted by atomic mass is 16.5. The van der Waals surface area contributed by atoms with Gasteiger partial charge in [0.2, 0.25) is 0 Å². The van der Waals surface area contributed by atoms with Crippen molar-refractivity contribution in [3.05, 3.63) is 117 Å². The minimum atomic E-state index is -0.311. The Morgan fingerprint density at radius 1 is 1.03 bits per heavy atom. The van der Waals surface area contributed by atoms with Gasteiger partial charge in [0, 0.05) is 32.1 Å². The van der Waals surface area contributed by atoms with Crippen molar-refractivity contribution in [1.29, 1.82) is 5.26 Å². The number of pyridine rings is 1. The molecule has 1 N–H and O–H groups in total. The Morgan fingerprint density at radius 2 is 1.78 bits per heavy atom. The number of nitrogens with one attached hydrogen (secondary N) is 1. The van der Waals surface area contributed by atoms with Gasteiger partial charge in [-0.05, 0) is 28.8 Å². The molecule has 2 aromatic carbocycles. The molecule has 2 aromatic heterocycles. The lowest BCUT2D eigenvalue weighted by atomic mass is 10.1. The third kappa shape index (κ3) is 6.12. The summed E-state index contributed by atoms with van der Waals surface area (Å²) in [6, 6.07) is 20.4. The average Bonchev–Trinajstić information content (AvgIpc) is 3.31. The first kappa shape index (κ1) is 25.4. The first-order valence-electron chi connectivity index (χ1n) is 11.6. The standard InChI is InChI=1S/C28H27N5O4/c1-36-19-25-24(28(35)30-15-22-6-5-7-26(37-2)23(22)14-29)18-33(31-25)17-21-11-9-20(10-12-21)16-32-13-4-3-8-27(32)34/h3-13,18H,15-17,19H2,1-2H3,(H,30,35). The van der Waals surface area contributed by atoms with Gasteiger partial charge in [-0.15, -0.1) is 0 Å². The molecule has 0 spiro atoms. The zero-order chi connectivity index (χ0) is 26.2. The van der Waals surface area contributed by atoms with E-state index in [0.29, 0.717) is 41.2 Å². The molecule has 2 heterocycles. The lowest BCUT2D eigenvalue weighted by Gasteiger charge is -2.09. The largest absolute Gasteiger partial charge is 0.495 e. The zero-order valence-electron chi connectivity index (χ0n) is 20.7. The number of carbonyl (C=O) groups excluding carboxylic acids is 1. The molecule has 0 bridgehead atoms. The van der Waals surface area contributed by atoms with Gasteiger partial charge in [-0.2, -0.15) is 10.4 Å². The molecule has 0 radical (unpaired) electrons. The second-order valence-electron chi connectivity index (χ2n) is 8.39. The van der Waals surface area contributed by atoms with Crippen LogP contribution in [-0.4, -0.2) is 34.5 Å². The number of hydrogen-bond donors (Lipinski definition) is 1. The lowest BCUT2D eigenvalue weighted by Crippen LogP contribution is -2.24. The van der Waals surface area contributed by atoms with Crippen LogP contribution >= 0.6 is 0 Å². The van der Waals surface area contributed by atoms with Crippen LogP contribution in [0.4, 0.5) is 0 Å². The van der Waals surface area contributed by atoms with E-state index in [1.54, 1.807) is 53.0 Å². The molecule has 188 valence electrons. The predicted octanol–water partition coefficient (Wildman–Crippen LogP) is 3.10. The van der Waals surface area contributed by atoms with Crippen LogP contribution in [0.5, 0.6) is 5.75 Å². The molecular weight excluding hydrogens is 470 g/mol. The van der Waals surface area contributed by atoms with E-state index in [1.165, 1.54) is 13.2 Å². The molecule has 0 saturated carbocycles. The van der Waals surface area contributed by atoms with Crippen LogP contribution in [0.2, 0.25) is 0 Å². The van der Waals surface area contributed by atoms with Crippen molar-refractivity contribution in [2.45, 2.75) is 26.2 Å². The summed E-state index contributed by atoms with van der Waals surface area (Å²) in [7, 11) is 3.05. The van der Waals surface area contributed by atoms with Crippen molar-refractivity contribution in [3.63, 3.8) is 0 Å². The van der Waals surface area contributed by atoms with Gasteiger partial charge in [-0.25, -0.2) is 0 Å². The summed E-state index contributed by atoms with van der Waals surface area (Å²) in [4.78, 5) is 25.0. The molecule has 0 aliphatic heterocycles. The van der Waals surface area contributed by atoms with Crippen LogP contribution in [0, 0.1) is 11.3 Å². The fourth-order valence-corrected chi connectivity index (χ4v) is 3.99. The number of nitrogens with zero attached hydrogens (tertiary/aromatic N) is 4. The first-order chi connectivity index (χ1) is 18.0. The Bertz CT molecular complexity index is 1480. The quantitative estimate of drug-likeness (QED) is 0.360. The summed E-state index contributed by atoms with van der Waals surface area (Å²) in [5, 5.41) is 16.9. The Hall–Kier alpha value is -4.68. The number of carbonyl (C=O) groups is 1. The van der Waals surface area contributed by atoms with Crippen LogP contribution in [0.1, 0.15) is 38.3 Å². The Labute approximate surface area is 214 Å². The number of hydrogen-bond acceptors (Lipinski definition) is 6. The summed E-state index contributed by atoms with van der Waals surface area (Å²) in [5.41, 5.74) is 3.93. The zero-order valence-corrected chi connectivity index (χ0v) is 20.7. The van der Waals surface area contributed by atoms with Gasteiger partial charge in [0.05, 0.1) is 37.9 Å². The molecule has 4 aromatic rings. The summed E-state index contributed by atoms with van der Waals surface area (Å²) < 4.78 is 13.8. The summed E-state index contributed by atoms with van der Waals surface area (Å²) in [6.45, 7) is 1.31. The van der Waals surface area contributed by atoms with Crippen LogP contribution < -0.4 is 15.6 Å². The highest BCUT2D eigenvalue weighted by Gasteiger charge is 2.18. The van der Waals surface area contributed by atoms with Gasteiger partial charge in [0.1, 0.15) is 17.5 Å². The number of aromatic nitrogens is 3. The predicted molar refractivity (Wildman–Crippen MR) is 137 cm³/mol. The highest BCUT2D eigenvalue weighted by Crippen LogP contribution is 2.21. The maximum absolute atomic E-state index is 13.0. The molecule has 9 heteroatoms. The first-order valence-corrected chi connectivity index (χ1v) is 11.6. The van der Waals surface area contributed by atoms with Gasteiger partial charge in [0.15, 0.2) is 0 Å². The van der Waals surface area contributed by atoms with Crippen LogP contribution in [0.25, 0.3) is 0 Å². The van der Waals surface area contributed by atoms with Crippen molar-refractivity contribution in [2.24, 2.45) is 0 Å². The summed E-state index contributed by atoms with van der Waals surface area (Å²) in [5.74, 6) is 0.151. The summed E-state index contributed by atoms with van der Waals surface area (Å²) in [6.07, 6.45) is 3.46. The monoisotopic (exact) mass is 497 g/mol. The molecule has 0 unspecified atom stereocenters. The number of ether oxygens (including phenoxy) is 2. The Morgan fingerprint density at radius 3 is 2.46 bits per heavy atom. The highest BCUT2D eigenvalue weighted by molar-refractivity contribution is 5.95. The average molecular weight is 498 g/mol. The normalized spacial score (nSPS) is 10.6. The van der Waals surface area contributed by atoms with E-state index in [2.05, 4.69) is 16.5 Å². The molecule has 37 heavy (non-hydrogen) atoms. The van der Waals surface area contributed by atoms with Gasteiger partial charge >= 0.3 is 0 Å². The molecule has 0 fully saturated rings. The minimum Gasteiger partial charge on any atom is -0.495 e.